The Bertz CT molecular complexity index is 661. The van der Waals surface area contributed by atoms with Gasteiger partial charge in [0.1, 0.15) is 4.99 Å². The van der Waals surface area contributed by atoms with Crippen molar-refractivity contribution in [3.05, 3.63) is 57.6 Å². The van der Waals surface area contributed by atoms with Crippen LogP contribution in [0.1, 0.15) is 17.0 Å². The lowest BCUT2D eigenvalue weighted by atomic mass is 10.2. The zero-order valence-corrected chi connectivity index (χ0v) is 13.2. The van der Waals surface area contributed by atoms with Gasteiger partial charge in [-0.1, -0.05) is 18.3 Å². The van der Waals surface area contributed by atoms with Crippen LogP contribution in [0.5, 0.6) is 0 Å². The van der Waals surface area contributed by atoms with Crippen molar-refractivity contribution < 1.29 is 4.39 Å². The van der Waals surface area contributed by atoms with Crippen molar-refractivity contribution in [2.24, 2.45) is 5.73 Å². The van der Waals surface area contributed by atoms with E-state index in [-0.39, 0.29) is 9.46 Å². The highest BCUT2D eigenvalue weighted by molar-refractivity contribution is 9.10. The third-order valence-electron chi connectivity index (χ3n) is 2.75. The number of nitrogens with zero attached hydrogens (tertiary/aromatic N) is 1. The molecule has 3 nitrogen and oxygen atoms in total. The molecule has 1 heterocycles. The molecule has 0 aliphatic rings. The van der Waals surface area contributed by atoms with Crippen molar-refractivity contribution in [3.63, 3.8) is 0 Å². The minimum atomic E-state index is -0.414. The molecule has 0 radical (unpaired) electrons. The fourth-order valence-corrected chi connectivity index (χ4v) is 2.62. The maximum absolute atomic E-state index is 14.2. The molecule has 104 valence electrons. The van der Waals surface area contributed by atoms with Crippen molar-refractivity contribution in [1.29, 1.82) is 0 Å². The number of rotatable bonds is 4. The lowest BCUT2D eigenvalue weighted by molar-refractivity contribution is 0.623. The fraction of sp³-hybridized carbons (Fsp3) is 0.143. The van der Waals surface area contributed by atoms with E-state index in [2.05, 4.69) is 26.2 Å². The number of benzene rings is 1. The highest BCUT2D eigenvalue weighted by Crippen LogP contribution is 2.27. The number of pyridine rings is 1. The van der Waals surface area contributed by atoms with Crippen molar-refractivity contribution in [1.82, 2.24) is 4.98 Å². The van der Waals surface area contributed by atoms with Crippen LogP contribution in [0.25, 0.3) is 0 Å². The van der Waals surface area contributed by atoms with E-state index >= 15 is 0 Å². The molecule has 0 spiro atoms. The Balaban J connectivity index is 2.18. The van der Waals surface area contributed by atoms with Crippen molar-refractivity contribution >= 4 is 38.8 Å². The zero-order valence-electron chi connectivity index (χ0n) is 10.8. The minimum Gasteiger partial charge on any atom is -0.389 e. The Morgan fingerprint density at radius 2 is 2.15 bits per heavy atom. The summed E-state index contributed by atoms with van der Waals surface area (Å²) in [7, 11) is 0. The molecule has 0 aliphatic carbocycles. The second kappa shape index (κ2) is 6.28. The molecule has 0 amide bonds. The summed E-state index contributed by atoms with van der Waals surface area (Å²) in [5.41, 5.74) is 8.15. The van der Waals surface area contributed by atoms with E-state index in [0.29, 0.717) is 17.8 Å². The molecule has 1 aromatic carbocycles. The molecule has 3 N–H and O–H groups in total. The normalized spacial score (nSPS) is 10.3. The van der Waals surface area contributed by atoms with Gasteiger partial charge >= 0.3 is 0 Å². The van der Waals surface area contributed by atoms with Crippen LogP contribution < -0.4 is 11.1 Å². The van der Waals surface area contributed by atoms with Crippen molar-refractivity contribution in [2.45, 2.75) is 13.5 Å². The molecule has 0 aliphatic heterocycles. The molecule has 0 unspecified atom stereocenters. The van der Waals surface area contributed by atoms with Gasteiger partial charge < -0.3 is 11.1 Å². The Morgan fingerprint density at radius 3 is 2.80 bits per heavy atom. The van der Waals surface area contributed by atoms with E-state index in [1.807, 2.05) is 25.1 Å². The molecule has 0 atom stereocenters. The second-order valence-electron chi connectivity index (χ2n) is 4.28. The summed E-state index contributed by atoms with van der Waals surface area (Å²) < 4.78 is 14.4. The third kappa shape index (κ3) is 3.32. The highest BCUT2D eigenvalue weighted by Gasteiger charge is 2.12. The summed E-state index contributed by atoms with van der Waals surface area (Å²) in [6, 6.07) is 9.02. The molecule has 20 heavy (non-hydrogen) atoms. The second-order valence-corrected chi connectivity index (χ2v) is 5.51. The SMILES string of the molecule is Cc1cccc(CNc2ccc(C(N)=S)c(Br)c2F)n1. The quantitative estimate of drug-likeness (QED) is 0.825. The van der Waals surface area contributed by atoms with Gasteiger partial charge in [0.05, 0.1) is 22.4 Å². The maximum Gasteiger partial charge on any atom is 0.161 e. The van der Waals surface area contributed by atoms with Crippen LogP contribution in [0.4, 0.5) is 10.1 Å². The summed E-state index contributed by atoms with van der Waals surface area (Å²) in [6.45, 7) is 2.36. The maximum atomic E-state index is 14.2. The van der Waals surface area contributed by atoms with Gasteiger partial charge in [-0.25, -0.2) is 4.39 Å². The van der Waals surface area contributed by atoms with Crippen LogP contribution >= 0.6 is 28.1 Å². The van der Waals surface area contributed by atoms with Crippen LogP contribution in [0.3, 0.4) is 0 Å². The Hall–Kier alpha value is -1.53. The van der Waals surface area contributed by atoms with Crippen LogP contribution in [0, 0.1) is 12.7 Å². The minimum absolute atomic E-state index is 0.155. The Labute approximate surface area is 130 Å². The molecule has 2 aromatic rings. The summed E-state index contributed by atoms with van der Waals surface area (Å²) in [5.74, 6) is -0.414. The predicted octanol–water partition coefficient (Wildman–Crippen LogP) is 3.54. The number of nitrogens with one attached hydrogen (secondary N) is 1. The Kier molecular flexibility index (Phi) is 4.67. The van der Waals surface area contributed by atoms with Crippen molar-refractivity contribution in [3.8, 4) is 0 Å². The Morgan fingerprint density at radius 1 is 1.40 bits per heavy atom. The number of hydrogen-bond donors (Lipinski definition) is 2. The van der Waals surface area contributed by atoms with Crippen LogP contribution in [0.2, 0.25) is 0 Å². The van der Waals surface area contributed by atoms with Gasteiger partial charge in [0, 0.05) is 11.3 Å². The van der Waals surface area contributed by atoms with E-state index in [9.17, 15) is 4.39 Å². The molecule has 0 fully saturated rings. The van der Waals surface area contributed by atoms with Crippen molar-refractivity contribution in [2.75, 3.05) is 5.32 Å². The lowest BCUT2D eigenvalue weighted by Gasteiger charge is -2.11. The first-order valence-corrected chi connectivity index (χ1v) is 7.13. The summed E-state index contributed by atoms with van der Waals surface area (Å²) in [5, 5.41) is 3.01. The van der Waals surface area contributed by atoms with E-state index in [4.69, 9.17) is 18.0 Å². The van der Waals surface area contributed by atoms with Crippen LogP contribution in [-0.2, 0) is 6.54 Å². The van der Waals surface area contributed by atoms with Gasteiger partial charge in [0.15, 0.2) is 5.82 Å². The number of nitrogens with two attached hydrogens (primary N) is 1. The van der Waals surface area contributed by atoms with E-state index < -0.39 is 5.82 Å². The molecular weight excluding hydrogens is 341 g/mol. The first-order valence-electron chi connectivity index (χ1n) is 5.93. The third-order valence-corrected chi connectivity index (χ3v) is 3.75. The summed E-state index contributed by atoms with van der Waals surface area (Å²) in [6.07, 6.45) is 0. The number of halogens is 2. The van der Waals surface area contributed by atoms with E-state index in [0.717, 1.165) is 11.4 Å². The molecule has 0 bridgehead atoms. The average molecular weight is 354 g/mol. The predicted molar refractivity (Wildman–Crippen MR) is 86.3 cm³/mol. The monoisotopic (exact) mass is 353 g/mol. The molecular formula is C14H13BrFN3S. The number of thiocarbonyl (C=S) groups is 1. The summed E-state index contributed by atoms with van der Waals surface area (Å²) in [4.78, 5) is 4.50. The van der Waals surface area contributed by atoms with Gasteiger partial charge in [0.25, 0.3) is 0 Å². The molecule has 0 saturated carbocycles. The van der Waals surface area contributed by atoms with E-state index in [1.54, 1.807) is 12.1 Å². The molecule has 2 rings (SSSR count). The molecule has 1 aromatic heterocycles. The number of aromatic nitrogens is 1. The van der Waals surface area contributed by atoms with Gasteiger partial charge in [-0.05, 0) is 47.1 Å². The molecule has 0 saturated heterocycles. The average Bonchev–Trinajstić information content (AvgIpc) is 2.40. The smallest absolute Gasteiger partial charge is 0.161 e. The van der Waals surface area contributed by atoms with Gasteiger partial charge in [0.2, 0.25) is 0 Å². The van der Waals surface area contributed by atoms with E-state index in [1.165, 1.54) is 0 Å². The van der Waals surface area contributed by atoms with Gasteiger partial charge in [-0.3, -0.25) is 4.98 Å². The molecule has 6 heteroatoms. The number of anilines is 1. The standard InChI is InChI=1S/C14H13BrFN3S/c1-8-3-2-4-9(19-8)7-18-11-6-5-10(14(17)20)12(15)13(11)16/h2-6,18H,7H2,1H3,(H2,17,20). The number of hydrogen-bond acceptors (Lipinski definition) is 3. The zero-order chi connectivity index (χ0) is 14.7. The first-order chi connectivity index (χ1) is 9.49. The highest BCUT2D eigenvalue weighted by atomic mass is 79.9. The van der Waals surface area contributed by atoms with Gasteiger partial charge in [-0.15, -0.1) is 0 Å². The summed E-state index contributed by atoms with van der Waals surface area (Å²) >= 11 is 8.03. The largest absolute Gasteiger partial charge is 0.389 e. The van der Waals surface area contributed by atoms with Crippen LogP contribution in [-0.4, -0.2) is 9.97 Å². The topological polar surface area (TPSA) is 50.9 Å². The first kappa shape index (κ1) is 14.9. The van der Waals surface area contributed by atoms with Crippen LogP contribution in [0.15, 0.2) is 34.8 Å². The van der Waals surface area contributed by atoms with Gasteiger partial charge in [-0.2, -0.15) is 0 Å². The lowest BCUT2D eigenvalue weighted by Crippen LogP contribution is -2.12. The fourth-order valence-electron chi connectivity index (χ4n) is 1.76. The number of aryl methyl sites for hydroxylation is 1.